The average Bonchev–Trinajstić information content (AvgIpc) is 3.17. The van der Waals surface area contributed by atoms with E-state index in [2.05, 4.69) is 41.1 Å². The SMILES string of the molecule is CCn1nc(C)c(/N=C2\N=C(N3CCC([N+](C)(C)C)C3)C(=N)C=C2N)c1N. The number of rotatable bonds is 3. The predicted molar refractivity (Wildman–Crippen MR) is 110 cm³/mol. The lowest BCUT2D eigenvalue weighted by Gasteiger charge is -2.31. The van der Waals surface area contributed by atoms with Crippen molar-refractivity contribution in [3.63, 3.8) is 0 Å². The molecule has 2 aliphatic heterocycles. The summed E-state index contributed by atoms with van der Waals surface area (Å²) in [6, 6.07) is 0.504. The largest absolute Gasteiger partial charge is 0.396 e. The van der Waals surface area contributed by atoms with Crippen LogP contribution in [0.15, 0.2) is 21.8 Å². The lowest BCUT2D eigenvalue weighted by Crippen LogP contribution is -2.47. The zero-order chi connectivity index (χ0) is 19.9. The molecule has 0 saturated carbocycles. The van der Waals surface area contributed by atoms with Crippen LogP contribution in [0.2, 0.25) is 0 Å². The maximum atomic E-state index is 8.32. The zero-order valence-electron chi connectivity index (χ0n) is 16.8. The standard InChI is InChI=1S/C18H30N9/c1-6-26-16(21)15(11(2)24-26)22-17-13(19)9-14(20)18(23-17)25-8-7-12(10-25)27(3,4)5/h9,12,20H,6-8,10,19,21H2,1-5H3/q+1/b20-14?,22-17-. The number of nitrogens with zero attached hydrogens (tertiary/aromatic N) is 6. The minimum absolute atomic E-state index is 0.322. The molecule has 1 unspecified atom stereocenters. The molecular weight excluding hydrogens is 342 g/mol. The summed E-state index contributed by atoms with van der Waals surface area (Å²) < 4.78 is 2.60. The van der Waals surface area contributed by atoms with Crippen molar-refractivity contribution in [3.05, 3.63) is 17.5 Å². The first kappa shape index (κ1) is 19.1. The van der Waals surface area contributed by atoms with Crippen molar-refractivity contribution in [1.82, 2.24) is 14.7 Å². The minimum atomic E-state index is 0.322. The highest BCUT2D eigenvalue weighted by molar-refractivity contribution is 6.48. The van der Waals surface area contributed by atoms with Crippen LogP contribution >= 0.6 is 0 Å². The van der Waals surface area contributed by atoms with Crippen LogP contribution in [-0.2, 0) is 6.54 Å². The number of aliphatic imine (C=N–C) groups is 2. The molecule has 0 spiro atoms. The molecule has 0 radical (unpaired) electrons. The van der Waals surface area contributed by atoms with E-state index in [9.17, 15) is 0 Å². The Hall–Kier alpha value is -2.68. The third-order valence-corrected chi connectivity index (χ3v) is 5.22. The number of nitrogen functional groups attached to an aromatic ring is 1. The summed E-state index contributed by atoms with van der Waals surface area (Å²) in [4.78, 5) is 11.4. The summed E-state index contributed by atoms with van der Waals surface area (Å²) in [6.07, 6.45) is 2.69. The molecule has 3 heterocycles. The number of likely N-dealkylation sites (tertiary alicyclic amines) is 1. The summed E-state index contributed by atoms with van der Waals surface area (Å²) >= 11 is 0. The summed E-state index contributed by atoms with van der Waals surface area (Å²) in [6.45, 7) is 6.24. The Morgan fingerprint density at radius 2 is 2.04 bits per heavy atom. The number of anilines is 1. The second-order valence-corrected chi connectivity index (χ2v) is 8.02. The van der Waals surface area contributed by atoms with Gasteiger partial charge in [-0.15, -0.1) is 0 Å². The molecule has 27 heavy (non-hydrogen) atoms. The van der Waals surface area contributed by atoms with Gasteiger partial charge in [0.1, 0.15) is 17.5 Å². The number of quaternary nitrogens is 1. The highest BCUT2D eigenvalue weighted by atomic mass is 15.4. The number of nitrogens with one attached hydrogen (secondary N) is 1. The van der Waals surface area contributed by atoms with Gasteiger partial charge in [-0.05, 0) is 19.9 Å². The molecule has 9 nitrogen and oxygen atoms in total. The van der Waals surface area contributed by atoms with Gasteiger partial charge < -0.3 is 20.9 Å². The van der Waals surface area contributed by atoms with Crippen LogP contribution in [-0.4, -0.2) is 76.8 Å². The van der Waals surface area contributed by atoms with Gasteiger partial charge in [-0.3, -0.25) is 5.41 Å². The van der Waals surface area contributed by atoms with Gasteiger partial charge in [-0.2, -0.15) is 5.10 Å². The first-order valence-corrected chi connectivity index (χ1v) is 9.24. The van der Waals surface area contributed by atoms with Gasteiger partial charge in [-0.25, -0.2) is 14.7 Å². The smallest absolute Gasteiger partial charge is 0.178 e. The molecule has 0 aromatic carbocycles. The molecular formula is C18H30N9+. The van der Waals surface area contributed by atoms with Crippen LogP contribution in [0.1, 0.15) is 19.0 Å². The molecule has 1 fully saturated rings. The fourth-order valence-corrected chi connectivity index (χ4v) is 3.48. The molecule has 0 amide bonds. The molecule has 9 heteroatoms. The number of amidine groups is 2. The van der Waals surface area contributed by atoms with E-state index in [4.69, 9.17) is 16.9 Å². The van der Waals surface area contributed by atoms with Crippen molar-refractivity contribution in [2.75, 3.05) is 40.0 Å². The van der Waals surface area contributed by atoms with E-state index in [1.165, 1.54) is 0 Å². The fraction of sp³-hybridized carbons (Fsp3) is 0.556. The number of aromatic nitrogens is 2. The number of nitrogens with two attached hydrogens (primary N) is 2. The van der Waals surface area contributed by atoms with E-state index < -0.39 is 0 Å². The molecule has 1 atom stereocenters. The van der Waals surface area contributed by atoms with Crippen LogP contribution < -0.4 is 11.5 Å². The lowest BCUT2D eigenvalue weighted by molar-refractivity contribution is -0.893. The van der Waals surface area contributed by atoms with Crippen molar-refractivity contribution in [3.8, 4) is 0 Å². The molecule has 0 aliphatic carbocycles. The number of hydrogen-bond donors (Lipinski definition) is 3. The van der Waals surface area contributed by atoms with Crippen LogP contribution in [0.4, 0.5) is 11.5 Å². The Morgan fingerprint density at radius 3 is 2.59 bits per heavy atom. The Bertz CT molecular complexity index is 851. The minimum Gasteiger partial charge on any atom is -0.396 e. The van der Waals surface area contributed by atoms with Crippen LogP contribution in [0, 0.1) is 12.3 Å². The first-order valence-electron chi connectivity index (χ1n) is 9.24. The van der Waals surface area contributed by atoms with Gasteiger partial charge in [0.05, 0.1) is 44.8 Å². The van der Waals surface area contributed by atoms with Crippen LogP contribution in [0.25, 0.3) is 0 Å². The zero-order valence-corrected chi connectivity index (χ0v) is 16.8. The third kappa shape index (κ3) is 3.59. The highest BCUT2D eigenvalue weighted by Gasteiger charge is 2.35. The van der Waals surface area contributed by atoms with Crippen LogP contribution in [0.3, 0.4) is 0 Å². The molecule has 2 aliphatic rings. The fourth-order valence-electron chi connectivity index (χ4n) is 3.48. The van der Waals surface area contributed by atoms with E-state index in [0.29, 0.717) is 47.2 Å². The maximum Gasteiger partial charge on any atom is 0.178 e. The van der Waals surface area contributed by atoms with Gasteiger partial charge in [-0.1, -0.05) is 0 Å². The molecule has 1 aromatic rings. The van der Waals surface area contributed by atoms with Crippen LogP contribution in [0.5, 0.6) is 0 Å². The summed E-state index contributed by atoms with van der Waals surface area (Å²) in [5.74, 6) is 1.51. The number of likely N-dealkylation sites (N-methyl/N-ethyl adjacent to an activating group) is 1. The molecule has 1 saturated heterocycles. The van der Waals surface area contributed by atoms with E-state index in [1.807, 2.05) is 13.8 Å². The van der Waals surface area contributed by atoms with E-state index in [1.54, 1.807) is 10.8 Å². The molecule has 3 rings (SSSR count). The third-order valence-electron chi connectivity index (χ3n) is 5.22. The molecule has 0 bridgehead atoms. The molecule has 1 aromatic heterocycles. The summed E-state index contributed by atoms with van der Waals surface area (Å²) in [5.41, 5.74) is 14.3. The van der Waals surface area contributed by atoms with Gasteiger partial charge in [0, 0.05) is 19.5 Å². The number of aryl methyl sites for hydroxylation is 2. The quantitative estimate of drug-likeness (QED) is 0.682. The van der Waals surface area contributed by atoms with Gasteiger partial charge in [0.15, 0.2) is 11.7 Å². The second-order valence-electron chi connectivity index (χ2n) is 8.02. The first-order chi connectivity index (χ1) is 12.6. The Balaban J connectivity index is 1.94. The Kier molecular flexibility index (Phi) is 4.81. The number of hydrogen-bond acceptors (Lipinski definition) is 6. The monoisotopic (exact) mass is 372 g/mol. The van der Waals surface area contributed by atoms with Gasteiger partial charge in [0.2, 0.25) is 0 Å². The van der Waals surface area contributed by atoms with Gasteiger partial charge in [0.25, 0.3) is 0 Å². The summed E-state index contributed by atoms with van der Waals surface area (Å²) in [7, 11) is 6.59. The second kappa shape index (κ2) is 6.80. The Morgan fingerprint density at radius 1 is 1.33 bits per heavy atom. The maximum absolute atomic E-state index is 8.32. The summed E-state index contributed by atoms with van der Waals surface area (Å²) in [5, 5.41) is 12.7. The van der Waals surface area contributed by atoms with E-state index in [-0.39, 0.29) is 0 Å². The van der Waals surface area contributed by atoms with Crippen molar-refractivity contribution in [2.45, 2.75) is 32.9 Å². The molecule has 5 N–H and O–H groups in total. The number of dihydropyridines is 1. The van der Waals surface area contributed by atoms with Crippen molar-refractivity contribution >= 4 is 28.9 Å². The van der Waals surface area contributed by atoms with Crippen molar-refractivity contribution in [1.29, 1.82) is 5.41 Å². The normalized spacial score (nSPS) is 22.4. The van der Waals surface area contributed by atoms with Gasteiger partial charge >= 0.3 is 0 Å². The van der Waals surface area contributed by atoms with Crippen molar-refractivity contribution < 1.29 is 4.48 Å². The van der Waals surface area contributed by atoms with E-state index >= 15 is 0 Å². The highest BCUT2D eigenvalue weighted by Crippen LogP contribution is 2.28. The van der Waals surface area contributed by atoms with Crippen molar-refractivity contribution in [2.24, 2.45) is 15.7 Å². The Labute approximate surface area is 160 Å². The molecule has 146 valence electrons. The topological polar surface area (TPSA) is 122 Å². The predicted octanol–water partition coefficient (Wildman–Crippen LogP) is 0.879. The lowest BCUT2D eigenvalue weighted by atomic mass is 10.2. The van der Waals surface area contributed by atoms with E-state index in [0.717, 1.165) is 29.7 Å². The average molecular weight is 373 g/mol.